The summed E-state index contributed by atoms with van der Waals surface area (Å²) in [6.07, 6.45) is 9.13. The fourth-order valence-electron chi connectivity index (χ4n) is 8.38. The summed E-state index contributed by atoms with van der Waals surface area (Å²) < 4.78 is 25.6. The van der Waals surface area contributed by atoms with Crippen molar-refractivity contribution < 1.29 is 8.91 Å². The van der Waals surface area contributed by atoms with Gasteiger partial charge in [-0.3, -0.25) is 14.6 Å². The minimum Gasteiger partial charge on any atom is -0.353 e. The molecule has 4 aliphatic heterocycles. The smallest absolute Gasteiger partial charge is 0.222 e. The number of nitrogens with one attached hydrogen (secondary N) is 1. The second-order valence-corrected chi connectivity index (χ2v) is 14.4. The number of aryl methyl sites for hydroxylation is 1. The summed E-state index contributed by atoms with van der Waals surface area (Å²) in [7, 11) is 0. The van der Waals surface area contributed by atoms with Gasteiger partial charge in [0, 0.05) is 65.3 Å². The van der Waals surface area contributed by atoms with E-state index in [-0.39, 0.29) is 29.6 Å². The van der Waals surface area contributed by atoms with E-state index in [0.29, 0.717) is 30.2 Å². The molecule has 4 bridgehead atoms. The Kier molecular flexibility index (Phi) is 8.88. The lowest BCUT2D eigenvalue weighted by molar-refractivity contribution is -0.125. The summed E-state index contributed by atoms with van der Waals surface area (Å²) in [6, 6.07) is 24.2. The SMILES string of the molecule is CC(C)C(=O)NC1CC2CCC(C1)N2Cc1ccccc1.[2H]C([2H])([2H])c1nnc(C(C)C)n1C1CC2CCC(C1)N2Cc1ccccc1. The topological polar surface area (TPSA) is 66.3 Å². The van der Waals surface area contributed by atoms with Crippen molar-refractivity contribution in [1.29, 1.82) is 0 Å². The minimum atomic E-state index is -2.22. The summed E-state index contributed by atoms with van der Waals surface area (Å²) in [5.41, 5.74) is 2.75. The van der Waals surface area contributed by atoms with Crippen LogP contribution in [0.4, 0.5) is 0 Å². The van der Waals surface area contributed by atoms with Crippen molar-refractivity contribution in [2.24, 2.45) is 5.92 Å². The van der Waals surface area contributed by atoms with Gasteiger partial charge in [0.2, 0.25) is 5.91 Å². The van der Waals surface area contributed by atoms with Gasteiger partial charge >= 0.3 is 0 Å². The normalized spacial score (nSPS) is 29.2. The third-order valence-electron chi connectivity index (χ3n) is 10.6. The maximum Gasteiger partial charge on any atom is 0.222 e. The molecule has 7 nitrogen and oxygen atoms in total. The highest BCUT2D eigenvalue weighted by atomic mass is 16.1. The number of carbonyl (C=O) groups is 1. The first-order valence-corrected chi connectivity index (χ1v) is 17.3. The van der Waals surface area contributed by atoms with Gasteiger partial charge in [-0.05, 0) is 69.3 Å². The molecule has 3 aromatic rings. The molecule has 4 aliphatic rings. The van der Waals surface area contributed by atoms with Gasteiger partial charge in [0.15, 0.2) is 0 Å². The lowest BCUT2D eigenvalue weighted by Gasteiger charge is -2.40. The van der Waals surface area contributed by atoms with Gasteiger partial charge in [0.05, 0.1) is 0 Å². The summed E-state index contributed by atoms with van der Waals surface area (Å²) in [5.74, 6) is 1.42. The van der Waals surface area contributed by atoms with E-state index in [0.717, 1.165) is 44.6 Å². The van der Waals surface area contributed by atoms with Gasteiger partial charge in [-0.15, -0.1) is 10.2 Å². The van der Waals surface area contributed by atoms with Gasteiger partial charge < -0.3 is 9.88 Å². The van der Waals surface area contributed by atoms with Gasteiger partial charge in [-0.2, -0.15) is 0 Å². The highest BCUT2D eigenvalue weighted by molar-refractivity contribution is 5.78. The molecule has 0 radical (unpaired) electrons. The first-order valence-electron chi connectivity index (χ1n) is 18.8. The van der Waals surface area contributed by atoms with E-state index in [9.17, 15) is 4.79 Å². The summed E-state index contributed by atoms with van der Waals surface area (Å²) in [6.45, 7) is 7.87. The van der Waals surface area contributed by atoms with Crippen LogP contribution in [0, 0.1) is 12.8 Å². The van der Waals surface area contributed by atoms with Crippen molar-refractivity contribution in [3.05, 3.63) is 83.4 Å². The van der Waals surface area contributed by atoms with Crippen molar-refractivity contribution in [3.8, 4) is 0 Å². The van der Waals surface area contributed by atoms with Crippen molar-refractivity contribution in [2.45, 2.75) is 141 Å². The quantitative estimate of drug-likeness (QED) is 0.296. The van der Waals surface area contributed by atoms with Crippen LogP contribution in [0.15, 0.2) is 60.7 Å². The zero-order valence-electron chi connectivity index (χ0n) is 30.6. The molecule has 2 aromatic carbocycles. The third kappa shape index (κ3) is 7.36. The maximum absolute atomic E-state index is 11.9. The summed E-state index contributed by atoms with van der Waals surface area (Å²) in [5, 5.41) is 11.6. The van der Waals surface area contributed by atoms with Gasteiger partial charge in [0.1, 0.15) is 11.6 Å². The first kappa shape index (κ1) is 28.2. The second-order valence-electron chi connectivity index (χ2n) is 14.4. The van der Waals surface area contributed by atoms with Gasteiger partial charge in [0.25, 0.3) is 0 Å². The second kappa shape index (κ2) is 14.2. The van der Waals surface area contributed by atoms with Crippen molar-refractivity contribution in [2.75, 3.05) is 0 Å². The number of hydrogen-bond acceptors (Lipinski definition) is 5. The van der Waals surface area contributed by atoms with Crippen molar-refractivity contribution in [3.63, 3.8) is 0 Å². The molecular weight excluding hydrogens is 556 g/mol. The molecule has 1 aromatic heterocycles. The van der Waals surface area contributed by atoms with Crippen LogP contribution in [0.1, 0.15) is 118 Å². The molecular formula is C38H54N6O. The van der Waals surface area contributed by atoms with Crippen LogP contribution in [0.3, 0.4) is 0 Å². The van der Waals surface area contributed by atoms with Crippen LogP contribution in [-0.4, -0.2) is 60.7 Å². The maximum atomic E-state index is 11.9. The van der Waals surface area contributed by atoms with Crippen molar-refractivity contribution >= 4 is 5.91 Å². The van der Waals surface area contributed by atoms with Crippen LogP contribution in [0.5, 0.6) is 0 Å². The Labute approximate surface area is 275 Å². The number of aromatic nitrogens is 3. The van der Waals surface area contributed by atoms with E-state index in [1.54, 1.807) is 0 Å². The molecule has 45 heavy (non-hydrogen) atoms. The Morgan fingerprint density at radius 1 is 0.756 bits per heavy atom. The largest absolute Gasteiger partial charge is 0.353 e. The predicted molar refractivity (Wildman–Crippen MR) is 181 cm³/mol. The van der Waals surface area contributed by atoms with Gasteiger partial charge in [-0.1, -0.05) is 88.4 Å². The minimum absolute atomic E-state index is 0.0880. The van der Waals surface area contributed by atoms with E-state index in [1.807, 2.05) is 18.4 Å². The summed E-state index contributed by atoms with van der Waals surface area (Å²) in [4.78, 5) is 17.2. The Bertz CT molecular complexity index is 1470. The van der Waals surface area contributed by atoms with Crippen LogP contribution >= 0.6 is 0 Å². The Hall–Kier alpha value is -3.03. The molecule has 5 heterocycles. The number of piperidine rings is 2. The third-order valence-corrected chi connectivity index (χ3v) is 10.6. The predicted octanol–water partition coefficient (Wildman–Crippen LogP) is 7.03. The average Bonchev–Trinajstić information content (AvgIpc) is 3.67. The number of nitrogens with zero attached hydrogens (tertiary/aromatic N) is 5. The lowest BCUT2D eigenvalue weighted by Crippen LogP contribution is -2.50. The van der Waals surface area contributed by atoms with E-state index < -0.39 is 6.85 Å². The van der Waals surface area contributed by atoms with Gasteiger partial charge in [-0.25, -0.2) is 0 Å². The molecule has 1 amide bonds. The highest BCUT2D eigenvalue weighted by Gasteiger charge is 2.42. The molecule has 4 saturated heterocycles. The molecule has 4 unspecified atom stereocenters. The van der Waals surface area contributed by atoms with E-state index in [1.165, 1.54) is 36.8 Å². The highest BCUT2D eigenvalue weighted by Crippen LogP contribution is 2.43. The van der Waals surface area contributed by atoms with E-state index in [4.69, 9.17) is 4.11 Å². The number of carbonyl (C=O) groups excluding carboxylic acids is 1. The Balaban J connectivity index is 0.000000173. The number of hydrogen-bond donors (Lipinski definition) is 1. The fraction of sp³-hybridized carbons (Fsp3) is 0.605. The fourth-order valence-corrected chi connectivity index (χ4v) is 8.38. The number of fused-ring (bicyclic) bond motifs is 4. The number of benzene rings is 2. The molecule has 0 saturated carbocycles. The van der Waals surface area contributed by atoms with E-state index >= 15 is 0 Å². The van der Waals surface area contributed by atoms with Crippen LogP contribution < -0.4 is 5.32 Å². The molecule has 4 atom stereocenters. The molecule has 0 spiro atoms. The van der Waals surface area contributed by atoms with E-state index in [2.05, 4.69) is 99.8 Å². The molecule has 7 heteroatoms. The average molecular weight is 614 g/mol. The monoisotopic (exact) mass is 613 g/mol. The zero-order chi connectivity index (χ0) is 34.0. The zero-order valence-corrected chi connectivity index (χ0v) is 27.6. The number of rotatable bonds is 8. The van der Waals surface area contributed by atoms with Crippen molar-refractivity contribution in [1.82, 2.24) is 29.9 Å². The van der Waals surface area contributed by atoms with Crippen LogP contribution in [0.25, 0.3) is 0 Å². The standard InChI is InChI=1S/C20H28N4.C18H26N2O/c1-14(2)20-22-21-15(3)24(20)19-11-17-9-10-18(12-19)23(17)13-16-7-5-4-6-8-16;1-13(2)18(21)19-15-10-16-8-9-17(11-15)20(16)12-14-6-4-3-5-7-14/h4-8,14,17-19H,9-13H2,1-3H3;3-7,13,15-17H,8-12H2,1-2H3,(H,19,21)/i3D3;. The molecule has 0 aliphatic carbocycles. The molecule has 1 N–H and O–H groups in total. The first-order chi connectivity index (χ1) is 23.0. The Morgan fingerprint density at radius 3 is 1.69 bits per heavy atom. The van der Waals surface area contributed by atoms with Crippen LogP contribution in [0.2, 0.25) is 0 Å². The lowest BCUT2D eigenvalue weighted by atomic mass is 9.95. The van der Waals surface area contributed by atoms with Crippen LogP contribution in [-0.2, 0) is 17.9 Å². The molecule has 4 fully saturated rings. The Morgan fingerprint density at radius 2 is 1.24 bits per heavy atom. The molecule has 242 valence electrons. The summed E-state index contributed by atoms with van der Waals surface area (Å²) >= 11 is 0. The number of amides is 1. The molecule has 7 rings (SSSR count).